The summed E-state index contributed by atoms with van der Waals surface area (Å²) in [4.78, 5) is 12.3. The summed E-state index contributed by atoms with van der Waals surface area (Å²) >= 11 is 0. The van der Waals surface area contributed by atoms with E-state index < -0.39 is 0 Å². The molecule has 1 amide bonds. The lowest BCUT2D eigenvalue weighted by Gasteiger charge is -2.10. The first-order valence-corrected chi connectivity index (χ1v) is 8.10. The number of amides is 1. The Balaban J connectivity index is 1.61. The fourth-order valence-corrected chi connectivity index (χ4v) is 2.48. The third-order valence-corrected chi connectivity index (χ3v) is 3.64. The Bertz CT molecular complexity index is 833. The zero-order valence-corrected chi connectivity index (χ0v) is 13.9. The van der Waals surface area contributed by atoms with Crippen LogP contribution in [-0.4, -0.2) is 32.7 Å². The van der Waals surface area contributed by atoms with Gasteiger partial charge in [-0.25, -0.2) is 4.68 Å². The molecule has 128 valence electrons. The number of aromatic nitrogens is 4. The molecule has 0 fully saturated rings. The highest BCUT2D eigenvalue weighted by Gasteiger charge is 2.08. The molecule has 1 aromatic heterocycles. The smallest absolute Gasteiger partial charge is 0.224 e. The van der Waals surface area contributed by atoms with Crippen molar-refractivity contribution in [3.8, 4) is 11.4 Å². The van der Waals surface area contributed by atoms with E-state index in [0.717, 1.165) is 17.0 Å². The van der Waals surface area contributed by atoms with E-state index in [0.29, 0.717) is 25.1 Å². The average molecular weight is 337 g/mol. The molecule has 0 saturated heterocycles. The van der Waals surface area contributed by atoms with Crippen LogP contribution in [0.5, 0.6) is 5.75 Å². The molecule has 0 aliphatic carbocycles. The van der Waals surface area contributed by atoms with Crippen LogP contribution in [-0.2, 0) is 11.2 Å². The minimum atomic E-state index is -0.0554. The van der Waals surface area contributed by atoms with E-state index in [1.807, 2.05) is 55.5 Å². The number of carbonyl (C=O) groups excluding carboxylic acids is 1. The van der Waals surface area contributed by atoms with Gasteiger partial charge < -0.3 is 10.1 Å². The van der Waals surface area contributed by atoms with Crippen molar-refractivity contribution in [1.82, 2.24) is 20.2 Å². The second-order valence-electron chi connectivity index (χ2n) is 5.39. The van der Waals surface area contributed by atoms with Gasteiger partial charge in [-0.3, -0.25) is 4.79 Å². The van der Waals surface area contributed by atoms with Crippen molar-refractivity contribution in [3.05, 3.63) is 60.4 Å². The summed E-state index contributed by atoms with van der Waals surface area (Å²) in [5.74, 6) is 0.777. The summed E-state index contributed by atoms with van der Waals surface area (Å²) in [5, 5.41) is 14.0. The van der Waals surface area contributed by atoms with E-state index in [4.69, 9.17) is 4.74 Å². The van der Waals surface area contributed by atoms with Gasteiger partial charge in [0.25, 0.3) is 0 Å². The molecule has 0 saturated carbocycles. The van der Waals surface area contributed by atoms with E-state index in [-0.39, 0.29) is 5.91 Å². The van der Waals surface area contributed by atoms with Crippen LogP contribution in [0.2, 0.25) is 0 Å². The van der Waals surface area contributed by atoms with Crippen LogP contribution in [0.3, 0.4) is 0 Å². The van der Waals surface area contributed by atoms with Crippen LogP contribution in [0.1, 0.15) is 18.9 Å². The molecule has 3 rings (SSSR count). The van der Waals surface area contributed by atoms with Gasteiger partial charge in [-0.15, -0.1) is 5.10 Å². The number of rotatable bonds is 7. The predicted octanol–water partition coefficient (Wildman–Crippen LogP) is 2.63. The maximum absolute atomic E-state index is 12.3. The van der Waals surface area contributed by atoms with Crippen LogP contribution in [0.4, 0.5) is 5.69 Å². The van der Waals surface area contributed by atoms with Crippen molar-refractivity contribution in [3.63, 3.8) is 0 Å². The van der Waals surface area contributed by atoms with Gasteiger partial charge in [0.15, 0.2) is 0 Å². The first-order chi connectivity index (χ1) is 12.3. The number of ether oxygens (including phenoxy) is 1. The molecule has 1 heterocycles. The van der Waals surface area contributed by atoms with Crippen molar-refractivity contribution in [1.29, 1.82) is 0 Å². The van der Waals surface area contributed by atoms with Crippen molar-refractivity contribution in [2.75, 3.05) is 11.9 Å². The molecule has 7 nitrogen and oxygen atoms in total. The zero-order chi connectivity index (χ0) is 17.5. The van der Waals surface area contributed by atoms with Crippen molar-refractivity contribution in [2.45, 2.75) is 19.8 Å². The van der Waals surface area contributed by atoms with Gasteiger partial charge in [-0.1, -0.05) is 24.3 Å². The van der Waals surface area contributed by atoms with Gasteiger partial charge in [0.2, 0.25) is 5.91 Å². The van der Waals surface area contributed by atoms with Crippen LogP contribution in [0.15, 0.2) is 54.9 Å². The van der Waals surface area contributed by atoms with Gasteiger partial charge in [0, 0.05) is 12.1 Å². The molecular formula is C18H19N5O2. The number of tetrazole rings is 1. The Morgan fingerprint density at radius 3 is 2.88 bits per heavy atom. The van der Waals surface area contributed by atoms with Gasteiger partial charge in [0.05, 0.1) is 12.3 Å². The summed E-state index contributed by atoms with van der Waals surface area (Å²) in [6.45, 7) is 2.55. The highest BCUT2D eigenvalue weighted by atomic mass is 16.5. The van der Waals surface area contributed by atoms with E-state index in [2.05, 4.69) is 20.8 Å². The fourth-order valence-electron chi connectivity index (χ4n) is 2.48. The molecule has 3 aromatic rings. The standard InChI is InChI=1S/C18H19N5O2/c1-2-25-17-9-4-3-6-14(17)10-11-18(24)20-15-7-5-8-16(12-15)23-13-19-21-22-23/h3-9,12-13H,2,10-11H2,1H3,(H,20,24). The SMILES string of the molecule is CCOc1ccccc1CCC(=O)Nc1cccc(-n2cnnn2)c1. The first kappa shape index (κ1) is 16.6. The number of para-hydroxylation sites is 1. The Hall–Kier alpha value is -3.22. The van der Waals surface area contributed by atoms with E-state index in [1.54, 1.807) is 0 Å². The Labute approximate surface area is 145 Å². The molecule has 0 unspecified atom stereocenters. The van der Waals surface area contributed by atoms with Crippen LogP contribution >= 0.6 is 0 Å². The number of carbonyl (C=O) groups is 1. The lowest BCUT2D eigenvalue weighted by atomic mass is 10.1. The second kappa shape index (κ2) is 8.05. The summed E-state index contributed by atoms with van der Waals surface area (Å²) in [7, 11) is 0. The largest absolute Gasteiger partial charge is 0.494 e. The van der Waals surface area contributed by atoms with Gasteiger partial charge in [0.1, 0.15) is 12.1 Å². The Morgan fingerprint density at radius 2 is 2.08 bits per heavy atom. The minimum Gasteiger partial charge on any atom is -0.494 e. The quantitative estimate of drug-likeness (QED) is 0.717. The summed E-state index contributed by atoms with van der Waals surface area (Å²) < 4.78 is 7.13. The second-order valence-corrected chi connectivity index (χ2v) is 5.39. The molecule has 0 spiro atoms. The number of anilines is 1. The first-order valence-electron chi connectivity index (χ1n) is 8.10. The molecular weight excluding hydrogens is 318 g/mol. The predicted molar refractivity (Wildman–Crippen MR) is 93.7 cm³/mol. The molecule has 0 radical (unpaired) electrons. The lowest BCUT2D eigenvalue weighted by Crippen LogP contribution is -2.13. The molecule has 7 heteroatoms. The molecule has 0 aliphatic heterocycles. The summed E-state index contributed by atoms with van der Waals surface area (Å²) in [5.41, 5.74) is 2.52. The van der Waals surface area contributed by atoms with Crippen LogP contribution in [0, 0.1) is 0 Å². The topological polar surface area (TPSA) is 81.9 Å². The number of aryl methyl sites for hydroxylation is 1. The average Bonchev–Trinajstić information content (AvgIpc) is 3.16. The van der Waals surface area contributed by atoms with Gasteiger partial charge >= 0.3 is 0 Å². The highest BCUT2D eigenvalue weighted by Crippen LogP contribution is 2.20. The number of hydrogen-bond donors (Lipinski definition) is 1. The highest BCUT2D eigenvalue weighted by molar-refractivity contribution is 5.91. The van der Waals surface area contributed by atoms with Crippen molar-refractivity contribution >= 4 is 11.6 Å². The molecule has 0 atom stereocenters. The Morgan fingerprint density at radius 1 is 1.20 bits per heavy atom. The number of nitrogens with one attached hydrogen (secondary N) is 1. The normalized spacial score (nSPS) is 10.4. The molecule has 25 heavy (non-hydrogen) atoms. The maximum atomic E-state index is 12.3. The van der Waals surface area contributed by atoms with Gasteiger partial charge in [-0.05, 0) is 53.6 Å². The molecule has 0 bridgehead atoms. The molecule has 1 N–H and O–H groups in total. The van der Waals surface area contributed by atoms with E-state index in [9.17, 15) is 4.79 Å². The Kier molecular flexibility index (Phi) is 5.36. The van der Waals surface area contributed by atoms with Gasteiger partial charge in [-0.2, -0.15) is 0 Å². The van der Waals surface area contributed by atoms with E-state index >= 15 is 0 Å². The van der Waals surface area contributed by atoms with E-state index in [1.165, 1.54) is 11.0 Å². The third kappa shape index (κ3) is 4.41. The minimum absolute atomic E-state index is 0.0554. The van der Waals surface area contributed by atoms with Crippen LogP contribution < -0.4 is 10.1 Å². The monoisotopic (exact) mass is 337 g/mol. The number of hydrogen-bond acceptors (Lipinski definition) is 5. The van der Waals surface area contributed by atoms with Crippen LogP contribution in [0.25, 0.3) is 5.69 Å². The third-order valence-electron chi connectivity index (χ3n) is 3.64. The lowest BCUT2D eigenvalue weighted by molar-refractivity contribution is -0.116. The summed E-state index contributed by atoms with van der Waals surface area (Å²) in [6.07, 6.45) is 2.50. The summed E-state index contributed by atoms with van der Waals surface area (Å²) in [6, 6.07) is 15.1. The van der Waals surface area contributed by atoms with Crippen molar-refractivity contribution in [2.24, 2.45) is 0 Å². The zero-order valence-electron chi connectivity index (χ0n) is 13.9. The van der Waals surface area contributed by atoms with Crippen molar-refractivity contribution < 1.29 is 9.53 Å². The molecule has 0 aliphatic rings. The fraction of sp³-hybridized carbons (Fsp3) is 0.222. The number of benzene rings is 2. The number of nitrogens with zero attached hydrogens (tertiary/aromatic N) is 4. The molecule has 2 aromatic carbocycles. The maximum Gasteiger partial charge on any atom is 0.224 e.